The number of urea groups is 1. The van der Waals surface area contributed by atoms with Crippen molar-refractivity contribution in [3.05, 3.63) is 63.2 Å². The molecule has 4 atom stereocenters. The molecule has 5 rings (SSSR count). The van der Waals surface area contributed by atoms with Gasteiger partial charge in [0.1, 0.15) is 0 Å². The zero-order chi connectivity index (χ0) is 25.2. The number of carbonyl (C=O) groups excluding carboxylic acids is 3. The van der Waals surface area contributed by atoms with Gasteiger partial charge in [0.15, 0.2) is 5.41 Å². The van der Waals surface area contributed by atoms with Crippen LogP contribution in [0, 0.1) is 29.4 Å². The number of non-ortho nitro benzene ring substituents is 1. The van der Waals surface area contributed by atoms with Crippen LogP contribution in [0.3, 0.4) is 0 Å². The summed E-state index contributed by atoms with van der Waals surface area (Å²) >= 11 is 0. The topological polar surface area (TPSA) is 122 Å². The summed E-state index contributed by atoms with van der Waals surface area (Å²) in [7, 11) is 0. The first-order valence-electron chi connectivity index (χ1n) is 11.5. The molecule has 2 fully saturated rings. The molecule has 1 N–H and O–H groups in total. The number of aryl methyl sites for hydroxylation is 2. The van der Waals surface area contributed by atoms with Crippen molar-refractivity contribution in [1.29, 1.82) is 0 Å². The molecule has 1 spiro atoms. The fraction of sp³-hybridized carbons (Fsp3) is 0.400. The van der Waals surface area contributed by atoms with Gasteiger partial charge < -0.3 is 9.64 Å². The molecule has 4 amide bonds. The molecule has 0 saturated carbocycles. The van der Waals surface area contributed by atoms with Gasteiger partial charge in [-0.05, 0) is 51.0 Å². The second-order valence-corrected chi connectivity index (χ2v) is 9.66. The Morgan fingerprint density at radius 3 is 2.49 bits per heavy atom. The molecule has 0 bridgehead atoms. The van der Waals surface area contributed by atoms with Crippen LogP contribution in [0.5, 0.6) is 0 Å². The van der Waals surface area contributed by atoms with E-state index in [2.05, 4.69) is 5.32 Å². The second-order valence-electron chi connectivity index (χ2n) is 9.66. The minimum Gasteiger partial charge on any atom is -0.372 e. The number of rotatable bonds is 2. The van der Waals surface area contributed by atoms with E-state index in [0.29, 0.717) is 23.4 Å². The van der Waals surface area contributed by atoms with E-state index in [1.165, 1.54) is 12.1 Å². The van der Waals surface area contributed by atoms with E-state index in [9.17, 15) is 24.5 Å². The first kappa shape index (κ1) is 23.0. The third kappa shape index (κ3) is 3.31. The number of hydrogen-bond acceptors (Lipinski definition) is 7. The number of benzene rings is 2. The predicted molar refractivity (Wildman–Crippen MR) is 127 cm³/mol. The summed E-state index contributed by atoms with van der Waals surface area (Å²) in [6, 6.07) is 8.33. The number of nitro groups is 1. The fourth-order valence-electron chi connectivity index (χ4n) is 5.90. The van der Waals surface area contributed by atoms with Gasteiger partial charge in [0, 0.05) is 30.8 Å². The lowest BCUT2D eigenvalue weighted by atomic mass is 9.66. The number of imide groups is 2. The first-order valence-corrected chi connectivity index (χ1v) is 11.5. The van der Waals surface area contributed by atoms with Crippen LogP contribution in [0.2, 0.25) is 0 Å². The fourth-order valence-corrected chi connectivity index (χ4v) is 5.90. The van der Waals surface area contributed by atoms with E-state index < -0.39 is 40.3 Å². The van der Waals surface area contributed by atoms with Gasteiger partial charge in [-0.3, -0.25) is 25.0 Å². The smallest absolute Gasteiger partial charge is 0.335 e. The van der Waals surface area contributed by atoms with Crippen molar-refractivity contribution < 1.29 is 24.0 Å². The normalized spacial score (nSPS) is 28.0. The quantitative estimate of drug-likeness (QED) is 0.400. The molecule has 0 aromatic heterocycles. The van der Waals surface area contributed by atoms with E-state index in [1.807, 2.05) is 31.7 Å². The Morgan fingerprint density at radius 2 is 1.80 bits per heavy atom. The molecule has 0 radical (unpaired) electrons. The van der Waals surface area contributed by atoms with E-state index in [0.717, 1.165) is 16.2 Å². The number of carbonyl (C=O) groups is 3. The van der Waals surface area contributed by atoms with Crippen LogP contribution in [0.15, 0.2) is 36.4 Å². The first-order chi connectivity index (χ1) is 16.5. The molecular formula is C25H26N4O6. The lowest BCUT2D eigenvalue weighted by Gasteiger charge is -2.56. The molecule has 3 heterocycles. The van der Waals surface area contributed by atoms with Crippen molar-refractivity contribution in [3.8, 4) is 0 Å². The molecular weight excluding hydrogens is 452 g/mol. The maximum Gasteiger partial charge on any atom is 0.335 e. The van der Waals surface area contributed by atoms with Gasteiger partial charge in [0.2, 0.25) is 5.91 Å². The number of amides is 4. The second kappa shape index (κ2) is 7.88. The summed E-state index contributed by atoms with van der Waals surface area (Å²) in [5.74, 6) is -1.37. The highest BCUT2D eigenvalue weighted by atomic mass is 16.6. The number of anilines is 2. The maximum atomic E-state index is 14.3. The van der Waals surface area contributed by atoms with Gasteiger partial charge in [0.05, 0.1) is 28.9 Å². The SMILES string of the molecule is Cc1ccc(N2C(=O)NC(=O)[C@]3(Cc4cc([N+](=O)[O-])ccc4N4C[C@H](C)O[C@H](C)[C@H]43)C2=O)c(C)c1. The number of fused-ring (bicyclic) bond motifs is 4. The van der Waals surface area contributed by atoms with Gasteiger partial charge in [-0.1, -0.05) is 17.7 Å². The van der Waals surface area contributed by atoms with Crippen molar-refractivity contribution in [1.82, 2.24) is 5.32 Å². The Morgan fingerprint density at radius 1 is 1.09 bits per heavy atom. The maximum absolute atomic E-state index is 14.3. The number of hydrogen-bond donors (Lipinski definition) is 1. The third-order valence-electron chi connectivity index (χ3n) is 7.25. The Balaban J connectivity index is 1.72. The van der Waals surface area contributed by atoms with Crippen molar-refractivity contribution in [2.45, 2.75) is 52.4 Å². The Labute approximate surface area is 202 Å². The Kier molecular flexibility index (Phi) is 5.17. The average Bonchev–Trinajstić information content (AvgIpc) is 2.78. The lowest BCUT2D eigenvalue weighted by molar-refractivity contribution is -0.384. The standard InChI is InChI=1S/C25H26N4O6/c1-13-5-7-19(14(2)9-13)28-23(31)25(22(30)26-24(28)32)11-17-10-18(29(33)34)6-8-20(17)27-12-15(3)35-16(4)21(25)27/h5-10,15-16,21H,11-12H2,1-4H3,(H,26,30,32)/t15-,16+,21-,25+/m0/s1. The zero-order valence-corrected chi connectivity index (χ0v) is 19.9. The van der Waals surface area contributed by atoms with E-state index >= 15 is 0 Å². The van der Waals surface area contributed by atoms with E-state index in [4.69, 9.17) is 4.74 Å². The van der Waals surface area contributed by atoms with E-state index in [-0.39, 0.29) is 18.2 Å². The molecule has 35 heavy (non-hydrogen) atoms. The van der Waals surface area contributed by atoms with Gasteiger partial charge >= 0.3 is 6.03 Å². The van der Waals surface area contributed by atoms with Gasteiger partial charge in [-0.2, -0.15) is 0 Å². The van der Waals surface area contributed by atoms with Crippen molar-refractivity contribution >= 4 is 34.9 Å². The number of nitrogens with one attached hydrogen (secondary N) is 1. The number of morpholine rings is 1. The van der Waals surface area contributed by atoms with Gasteiger partial charge in [-0.15, -0.1) is 0 Å². The van der Waals surface area contributed by atoms with Crippen LogP contribution in [0.4, 0.5) is 21.9 Å². The van der Waals surface area contributed by atoms with Crippen molar-refractivity contribution in [2.24, 2.45) is 5.41 Å². The average molecular weight is 479 g/mol. The molecule has 3 aliphatic rings. The molecule has 0 aliphatic carbocycles. The number of barbiturate groups is 1. The molecule has 3 aliphatic heterocycles. The number of nitrogens with zero attached hydrogens (tertiary/aromatic N) is 3. The minimum atomic E-state index is -1.72. The zero-order valence-electron chi connectivity index (χ0n) is 19.9. The molecule has 0 unspecified atom stereocenters. The van der Waals surface area contributed by atoms with Crippen LogP contribution in [-0.2, 0) is 20.7 Å². The molecule has 2 aromatic rings. The highest BCUT2D eigenvalue weighted by Gasteiger charge is 2.65. The summed E-state index contributed by atoms with van der Waals surface area (Å²) in [4.78, 5) is 54.9. The van der Waals surface area contributed by atoms with Crippen molar-refractivity contribution in [2.75, 3.05) is 16.3 Å². The minimum absolute atomic E-state index is 0.0907. The van der Waals surface area contributed by atoms with Crippen LogP contribution in [0.1, 0.15) is 30.5 Å². The predicted octanol–water partition coefficient (Wildman–Crippen LogP) is 3.02. The number of nitro benzene ring substituents is 1. The molecule has 182 valence electrons. The van der Waals surface area contributed by atoms with Crippen LogP contribution < -0.4 is 15.1 Å². The summed E-state index contributed by atoms with van der Waals surface area (Å²) < 4.78 is 6.08. The molecule has 2 aromatic carbocycles. The Bertz CT molecular complexity index is 1290. The summed E-state index contributed by atoms with van der Waals surface area (Å²) in [5, 5.41) is 13.9. The summed E-state index contributed by atoms with van der Waals surface area (Å²) in [6.45, 7) is 7.80. The van der Waals surface area contributed by atoms with Gasteiger partial charge in [0.25, 0.3) is 11.6 Å². The monoisotopic (exact) mass is 478 g/mol. The highest BCUT2D eigenvalue weighted by Crippen LogP contribution is 2.49. The van der Waals surface area contributed by atoms with Crippen LogP contribution in [0.25, 0.3) is 0 Å². The van der Waals surface area contributed by atoms with Crippen molar-refractivity contribution in [3.63, 3.8) is 0 Å². The summed E-state index contributed by atoms with van der Waals surface area (Å²) in [6.07, 6.45) is -0.809. The van der Waals surface area contributed by atoms with E-state index in [1.54, 1.807) is 25.1 Å². The number of ether oxygens (including phenoxy) is 1. The van der Waals surface area contributed by atoms with Crippen LogP contribution >= 0.6 is 0 Å². The van der Waals surface area contributed by atoms with Gasteiger partial charge in [-0.25, -0.2) is 9.69 Å². The largest absolute Gasteiger partial charge is 0.372 e. The Hall–Kier alpha value is -3.79. The van der Waals surface area contributed by atoms with Crippen LogP contribution in [-0.4, -0.2) is 47.6 Å². The highest BCUT2D eigenvalue weighted by molar-refractivity contribution is 6.31. The summed E-state index contributed by atoms with van der Waals surface area (Å²) in [5.41, 5.74) is 1.46. The molecule has 10 heteroatoms. The molecule has 2 saturated heterocycles. The lowest BCUT2D eigenvalue weighted by Crippen LogP contribution is -2.76. The molecule has 10 nitrogen and oxygen atoms in total. The third-order valence-corrected chi connectivity index (χ3v) is 7.25.